The van der Waals surface area contributed by atoms with Gasteiger partial charge in [0, 0.05) is 27.8 Å². The van der Waals surface area contributed by atoms with Crippen LogP contribution in [0.15, 0.2) is 28.7 Å². The van der Waals surface area contributed by atoms with E-state index in [1.165, 1.54) is 0 Å². The van der Waals surface area contributed by atoms with Gasteiger partial charge in [0.05, 0.1) is 13.2 Å². The molecule has 1 aromatic rings. The molecule has 0 aromatic heterocycles. The standard InChI is InChI=1S/C15H20BrClO2/c1-14(2)10-18-15(19-11-14,8-3-9-17)12-4-6-13(16)7-5-12/h4-7H,3,8-11H2,1-2H3. The highest BCUT2D eigenvalue weighted by atomic mass is 79.9. The van der Waals surface area contributed by atoms with E-state index in [0.717, 1.165) is 22.9 Å². The van der Waals surface area contributed by atoms with E-state index in [2.05, 4.69) is 41.9 Å². The normalized spacial score (nSPS) is 21.3. The molecule has 0 atom stereocenters. The minimum absolute atomic E-state index is 0.0693. The van der Waals surface area contributed by atoms with Crippen molar-refractivity contribution in [2.45, 2.75) is 32.5 Å². The quantitative estimate of drug-likeness (QED) is 0.735. The molecule has 0 unspecified atom stereocenters. The summed E-state index contributed by atoms with van der Waals surface area (Å²) in [6, 6.07) is 8.14. The smallest absolute Gasteiger partial charge is 0.194 e. The van der Waals surface area contributed by atoms with Crippen LogP contribution in [-0.4, -0.2) is 19.1 Å². The van der Waals surface area contributed by atoms with Gasteiger partial charge in [-0.1, -0.05) is 41.9 Å². The summed E-state index contributed by atoms with van der Waals surface area (Å²) in [5.74, 6) is -0.0144. The first-order chi connectivity index (χ1) is 8.97. The highest BCUT2D eigenvalue weighted by Crippen LogP contribution is 2.40. The molecule has 1 aliphatic heterocycles. The zero-order chi connectivity index (χ0) is 13.9. The predicted octanol–water partition coefficient (Wildman–Crippen LogP) is 4.69. The summed E-state index contributed by atoms with van der Waals surface area (Å²) in [6.45, 7) is 5.71. The molecule has 0 aliphatic carbocycles. The Balaban J connectivity index is 2.23. The van der Waals surface area contributed by atoms with Crippen LogP contribution in [0.25, 0.3) is 0 Å². The Labute approximate surface area is 128 Å². The van der Waals surface area contributed by atoms with Gasteiger partial charge in [-0.15, -0.1) is 11.6 Å². The van der Waals surface area contributed by atoms with E-state index in [1.54, 1.807) is 0 Å². The molecule has 1 heterocycles. The predicted molar refractivity (Wildman–Crippen MR) is 81.5 cm³/mol. The van der Waals surface area contributed by atoms with E-state index in [-0.39, 0.29) is 5.41 Å². The number of alkyl halides is 1. The number of benzene rings is 1. The van der Waals surface area contributed by atoms with Crippen molar-refractivity contribution < 1.29 is 9.47 Å². The van der Waals surface area contributed by atoms with Crippen LogP contribution in [0.1, 0.15) is 32.3 Å². The summed E-state index contributed by atoms with van der Waals surface area (Å²) in [7, 11) is 0. The van der Waals surface area contributed by atoms with Gasteiger partial charge in [-0.2, -0.15) is 0 Å². The Morgan fingerprint density at radius 1 is 1.16 bits per heavy atom. The fraction of sp³-hybridized carbons (Fsp3) is 0.600. The minimum atomic E-state index is -0.634. The zero-order valence-electron chi connectivity index (χ0n) is 11.4. The van der Waals surface area contributed by atoms with Gasteiger partial charge < -0.3 is 9.47 Å². The maximum absolute atomic E-state index is 6.11. The highest BCUT2D eigenvalue weighted by Gasteiger charge is 2.41. The van der Waals surface area contributed by atoms with Crippen LogP contribution < -0.4 is 0 Å². The van der Waals surface area contributed by atoms with Crippen molar-refractivity contribution in [3.8, 4) is 0 Å². The van der Waals surface area contributed by atoms with Crippen molar-refractivity contribution >= 4 is 27.5 Å². The first-order valence-corrected chi connectivity index (χ1v) is 7.90. The van der Waals surface area contributed by atoms with Crippen molar-refractivity contribution in [2.24, 2.45) is 5.41 Å². The van der Waals surface area contributed by atoms with Gasteiger partial charge in [0.2, 0.25) is 0 Å². The minimum Gasteiger partial charge on any atom is -0.345 e. The Morgan fingerprint density at radius 3 is 2.26 bits per heavy atom. The molecule has 0 amide bonds. The zero-order valence-corrected chi connectivity index (χ0v) is 13.8. The van der Waals surface area contributed by atoms with Gasteiger partial charge in [-0.25, -0.2) is 0 Å². The largest absolute Gasteiger partial charge is 0.345 e. The molecule has 106 valence electrons. The number of rotatable bonds is 4. The molecule has 0 saturated carbocycles. The second-order valence-electron chi connectivity index (χ2n) is 5.79. The Kier molecular flexibility index (Phi) is 4.93. The molecule has 19 heavy (non-hydrogen) atoms. The molecule has 2 rings (SSSR count). The summed E-state index contributed by atoms with van der Waals surface area (Å²) in [4.78, 5) is 0. The number of ether oxygens (including phenoxy) is 2. The fourth-order valence-corrected chi connectivity index (χ4v) is 2.56. The van der Waals surface area contributed by atoms with E-state index < -0.39 is 5.79 Å². The van der Waals surface area contributed by atoms with Gasteiger partial charge in [0.25, 0.3) is 0 Å². The molecule has 1 fully saturated rings. The molecule has 1 aromatic carbocycles. The Morgan fingerprint density at radius 2 is 1.74 bits per heavy atom. The monoisotopic (exact) mass is 346 g/mol. The third-order valence-electron chi connectivity index (χ3n) is 3.32. The topological polar surface area (TPSA) is 18.5 Å². The average molecular weight is 348 g/mol. The summed E-state index contributed by atoms with van der Waals surface area (Å²) < 4.78 is 13.3. The summed E-state index contributed by atoms with van der Waals surface area (Å²) >= 11 is 9.29. The van der Waals surface area contributed by atoms with Crippen LogP contribution in [0.4, 0.5) is 0 Å². The lowest BCUT2D eigenvalue weighted by Gasteiger charge is -2.44. The molecule has 1 saturated heterocycles. The van der Waals surface area contributed by atoms with Crippen LogP contribution in [0.3, 0.4) is 0 Å². The molecule has 2 nitrogen and oxygen atoms in total. The lowest BCUT2D eigenvalue weighted by Crippen LogP contribution is -2.45. The van der Waals surface area contributed by atoms with Gasteiger partial charge in [-0.3, -0.25) is 0 Å². The highest BCUT2D eigenvalue weighted by molar-refractivity contribution is 9.10. The summed E-state index contributed by atoms with van der Waals surface area (Å²) in [5, 5.41) is 0. The SMILES string of the molecule is CC1(C)COC(CCCCl)(c2ccc(Br)cc2)OC1. The van der Waals surface area contributed by atoms with Gasteiger partial charge >= 0.3 is 0 Å². The maximum Gasteiger partial charge on any atom is 0.194 e. The summed E-state index contributed by atoms with van der Waals surface area (Å²) in [6.07, 6.45) is 1.66. The molecule has 1 aliphatic rings. The van der Waals surface area contributed by atoms with Crippen LogP contribution >= 0.6 is 27.5 Å². The van der Waals surface area contributed by atoms with Crippen LogP contribution in [0.5, 0.6) is 0 Å². The van der Waals surface area contributed by atoms with E-state index in [0.29, 0.717) is 19.1 Å². The first-order valence-electron chi connectivity index (χ1n) is 6.57. The molecule has 0 bridgehead atoms. The van der Waals surface area contributed by atoms with Crippen LogP contribution in [0.2, 0.25) is 0 Å². The van der Waals surface area contributed by atoms with Crippen molar-refractivity contribution in [1.29, 1.82) is 0 Å². The molecule has 0 radical (unpaired) electrons. The van der Waals surface area contributed by atoms with E-state index >= 15 is 0 Å². The number of hydrogen-bond acceptors (Lipinski definition) is 2. The first kappa shape index (κ1) is 15.3. The van der Waals surface area contributed by atoms with Gasteiger partial charge in [0.1, 0.15) is 0 Å². The molecular weight excluding hydrogens is 328 g/mol. The van der Waals surface area contributed by atoms with Crippen molar-refractivity contribution in [3.05, 3.63) is 34.3 Å². The summed E-state index contributed by atoms with van der Waals surface area (Å²) in [5.41, 5.74) is 1.14. The maximum atomic E-state index is 6.11. The average Bonchev–Trinajstić information content (AvgIpc) is 2.39. The number of halogens is 2. The number of hydrogen-bond donors (Lipinski definition) is 0. The van der Waals surface area contributed by atoms with Crippen molar-refractivity contribution in [3.63, 3.8) is 0 Å². The third-order valence-corrected chi connectivity index (χ3v) is 4.11. The lowest BCUT2D eigenvalue weighted by molar-refractivity contribution is -0.311. The van der Waals surface area contributed by atoms with Gasteiger partial charge in [0.15, 0.2) is 5.79 Å². The molecule has 0 spiro atoms. The van der Waals surface area contributed by atoms with E-state index in [4.69, 9.17) is 21.1 Å². The van der Waals surface area contributed by atoms with E-state index in [9.17, 15) is 0 Å². The lowest BCUT2D eigenvalue weighted by atomic mass is 9.92. The molecule has 0 N–H and O–H groups in total. The van der Waals surface area contributed by atoms with E-state index in [1.807, 2.05) is 12.1 Å². The Bertz CT molecular complexity index is 407. The molecular formula is C15H20BrClO2. The fourth-order valence-electron chi connectivity index (χ4n) is 2.17. The molecule has 4 heteroatoms. The Hall–Kier alpha value is -0.0900. The second-order valence-corrected chi connectivity index (χ2v) is 7.09. The van der Waals surface area contributed by atoms with Crippen LogP contribution in [0, 0.1) is 5.41 Å². The van der Waals surface area contributed by atoms with Crippen molar-refractivity contribution in [1.82, 2.24) is 0 Å². The second kappa shape index (κ2) is 6.13. The van der Waals surface area contributed by atoms with Crippen molar-refractivity contribution in [2.75, 3.05) is 19.1 Å². The van der Waals surface area contributed by atoms with Crippen LogP contribution in [-0.2, 0) is 15.3 Å². The van der Waals surface area contributed by atoms with Gasteiger partial charge in [-0.05, 0) is 18.6 Å². The third kappa shape index (κ3) is 3.72.